The van der Waals surface area contributed by atoms with Gasteiger partial charge in [0.15, 0.2) is 0 Å². The van der Waals surface area contributed by atoms with E-state index in [1.807, 2.05) is 30.3 Å². The van der Waals surface area contributed by atoms with Crippen LogP contribution in [0.2, 0.25) is 0 Å². The zero-order chi connectivity index (χ0) is 14.8. The molecule has 1 aliphatic heterocycles. The summed E-state index contributed by atoms with van der Waals surface area (Å²) in [7, 11) is 0. The molecule has 0 spiro atoms. The number of hydrogen-bond acceptors (Lipinski definition) is 4. The number of para-hydroxylation sites is 1. The molecule has 2 N–H and O–H groups in total. The minimum Gasteiger partial charge on any atom is -0.427 e. The fourth-order valence-electron chi connectivity index (χ4n) is 2.27. The molecule has 2 aromatic rings. The summed E-state index contributed by atoms with van der Waals surface area (Å²) < 4.78 is 4.99. The Morgan fingerprint density at radius 1 is 1.05 bits per heavy atom. The molecule has 3 rings (SSSR count). The van der Waals surface area contributed by atoms with E-state index in [-0.39, 0.29) is 18.0 Å². The highest BCUT2D eigenvalue weighted by Crippen LogP contribution is 2.27. The first-order chi connectivity index (χ1) is 10.1. The van der Waals surface area contributed by atoms with Crippen LogP contribution in [-0.2, 0) is 4.79 Å². The maximum Gasteiger partial charge on any atom is 0.308 e. The van der Waals surface area contributed by atoms with Crippen molar-refractivity contribution in [1.82, 2.24) is 5.32 Å². The van der Waals surface area contributed by atoms with E-state index in [0.717, 1.165) is 11.3 Å². The molecule has 5 heteroatoms. The van der Waals surface area contributed by atoms with Crippen molar-refractivity contribution < 1.29 is 14.3 Å². The number of anilines is 1. The monoisotopic (exact) mass is 282 g/mol. The number of fused-ring (bicyclic) bond motifs is 1. The molecular weight excluding hydrogens is 268 g/mol. The predicted octanol–water partition coefficient (Wildman–Crippen LogP) is 2.47. The highest BCUT2D eigenvalue weighted by atomic mass is 16.5. The van der Waals surface area contributed by atoms with Crippen molar-refractivity contribution in [2.75, 3.05) is 5.32 Å². The van der Waals surface area contributed by atoms with Crippen LogP contribution < -0.4 is 15.4 Å². The number of ether oxygens (including phenoxy) is 1. The molecular formula is C16H14N2O3. The molecule has 0 radical (unpaired) electrons. The van der Waals surface area contributed by atoms with Gasteiger partial charge in [-0.2, -0.15) is 0 Å². The lowest BCUT2D eigenvalue weighted by molar-refractivity contribution is -0.131. The van der Waals surface area contributed by atoms with Crippen molar-refractivity contribution in [3.63, 3.8) is 0 Å². The van der Waals surface area contributed by atoms with E-state index < -0.39 is 0 Å². The van der Waals surface area contributed by atoms with Crippen LogP contribution in [0, 0.1) is 0 Å². The van der Waals surface area contributed by atoms with Crippen LogP contribution in [0.1, 0.15) is 29.0 Å². The van der Waals surface area contributed by atoms with Crippen molar-refractivity contribution in [1.29, 1.82) is 0 Å². The molecule has 1 aliphatic rings. The Hall–Kier alpha value is -2.82. The van der Waals surface area contributed by atoms with Crippen LogP contribution in [0.15, 0.2) is 48.5 Å². The molecule has 1 atom stereocenters. The van der Waals surface area contributed by atoms with Gasteiger partial charge in [-0.25, -0.2) is 0 Å². The number of rotatable bonds is 2. The molecule has 5 nitrogen and oxygen atoms in total. The highest BCUT2D eigenvalue weighted by molar-refractivity contribution is 6.01. The van der Waals surface area contributed by atoms with E-state index in [1.54, 1.807) is 18.2 Å². The van der Waals surface area contributed by atoms with E-state index >= 15 is 0 Å². The van der Waals surface area contributed by atoms with E-state index in [4.69, 9.17) is 4.74 Å². The summed E-state index contributed by atoms with van der Waals surface area (Å²) >= 11 is 0. The first kappa shape index (κ1) is 13.2. The topological polar surface area (TPSA) is 67.4 Å². The van der Waals surface area contributed by atoms with Gasteiger partial charge in [0.1, 0.15) is 11.9 Å². The number of nitrogens with one attached hydrogen (secondary N) is 2. The molecule has 0 saturated carbocycles. The SMILES string of the molecule is CC(=O)Oc1ccc([C@@H]2NC(=O)c3ccccc3N2)cc1. The second-order valence-electron chi connectivity index (χ2n) is 4.76. The molecule has 21 heavy (non-hydrogen) atoms. The van der Waals surface area contributed by atoms with Crippen LogP contribution in [0.25, 0.3) is 0 Å². The molecule has 0 aliphatic carbocycles. The number of carbonyl (C=O) groups excluding carboxylic acids is 2. The van der Waals surface area contributed by atoms with Gasteiger partial charge in [-0.1, -0.05) is 24.3 Å². The summed E-state index contributed by atoms with van der Waals surface area (Å²) in [5, 5.41) is 6.16. The van der Waals surface area contributed by atoms with Gasteiger partial charge in [-0.05, 0) is 29.8 Å². The van der Waals surface area contributed by atoms with Crippen LogP contribution in [0.4, 0.5) is 5.69 Å². The van der Waals surface area contributed by atoms with Gasteiger partial charge in [0.2, 0.25) is 0 Å². The normalized spacial score (nSPS) is 16.4. The Kier molecular flexibility index (Phi) is 3.31. The summed E-state index contributed by atoms with van der Waals surface area (Å²) in [5.74, 6) is 0.00738. The van der Waals surface area contributed by atoms with Gasteiger partial charge in [0.05, 0.1) is 5.56 Å². The van der Waals surface area contributed by atoms with Gasteiger partial charge in [0, 0.05) is 12.6 Å². The summed E-state index contributed by atoms with van der Waals surface area (Å²) in [6.07, 6.45) is -0.307. The van der Waals surface area contributed by atoms with Gasteiger partial charge in [-0.3, -0.25) is 9.59 Å². The quantitative estimate of drug-likeness (QED) is 0.656. The van der Waals surface area contributed by atoms with Crippen LogP contribution >= 0.6 is 0 Å². The zero-order valence-corrected chi connectivity index (χ0v) is 11.4. The van der Waals surface area contributed by atoms with E-state index in [2.05, 4.69) is 10.6 Å². The highest BCUT2D eigenvalue weighted by Gasteiger charge is 2.23. The molecule has 0 aromatic heterocycles. The van der Waals surface area contributed by atoms with Crippen molar-refractivity contribution in [2.24, 2.45) is 0 Å². The second-order valence-corrected chi connectivity index (χ2v) is 4.76. The number of carbonyl (C=O) groups is 2. The van der Waals surface area contributed by atoms with Crippen LogP contribution in [0.5, 0.6) is 5.75 Å². The molecule has 0 bridgehead atoms. The Labute approximate surface area is 121 Å². The predicted molar refractivity (Wildman–Crippen MR) is 78.0 cm³/mol. The molecule has 106 valence electrons. The lowest BCUT2D eigenvalue weighted by Gasteiger charge is -2.28. The lowest BCUT2D eigenvalue weighted by Crippen LogP contribution is -2.38. The van der Waals surface area contributed by atoms with Gasteiger partial charge < -0.3 is 15.4 Å². The summed E-state index contributed by atoms with van der Waals surface area (Å²) in [6, 6.07) is 14.4. The summed E-state index contributed by atoms with van der Waals surface area (Å²) in [4.78, 5) is 22.9. The maximum atomic E-state index is 12.1. The Morgan fingerprint density at radius 2 is 1.76 bits per heavy atom. The third-order valence-electron chi connectivity index (χ3n) is 3.22. The fourth-order valence-corrected chi connectivity index (χ4v) is 2.27. The van der Waals surface area contributed by atoms with E-state index in [9.17, 15) is 9.59 Å². The number of amides is 1. The minimum atomic E-state index is -0.360. The Morgan fingerprint density at radius 3 is 2.48 bits per heavy atom. The maximum absolute atomic E-state index is 12.1. The standard InChI is InChI=1S/C16H14N2O3/c1-10(19)21-12-8-6-11(7-9-12)15-17-14-5-3-2-4-13(14)16(20)18-15/h2-9,15,17H,1H3,(H,18,20)/t15-/m0/s1. The van der Waals surface area contributed by atoms with E-state index in [1.165, 1.54) is 6.92 Å². The minimum absolute atomic E-state index is 0.113. The molecule has 0 fully saturated rings. The Balaban J connectivity index is 1.82. The molecule has 1 heterocycles. The third kappa shape index (κ3) is 2.72. The number of hydrogen-bond donors (Lipinski definition) is 2. The first-order valence-electron chi connectivity index (χ1n) is 6.58. The van der Waals surface area contributed by atoms with Crippen LogP contribution in [-0.4, -0.2) is 11.9 Å². The average molecular weight is 282 g/mol. The fraction of sp³-hybridized carbons (Fsp3) is 0.125. The van der Waals surface area contributed by atoms with Gasteiger partial charge >= 0.3 is 5.97 Å². The zero-order valence-electron chi connectivity index (χ0n) is 11.4. The smallest absolute Gasteiger partial charge is 0.308 e. The molecule has 0 saturated heterocycles. The van der Waals surface area contributed by atoms with Crippen molar-refractivity contribution in [3.8, 4) is 5.75 Å². The van der Waals surface area contributed by atoms with Gasteiger partial charge in [0.25, 0.3) is 5.91 Å². The first-order valence-corrected chi connectivity index (χ1v) is 6.58. The number of esters is 1. The third-order valence-corrected chi connectivity index (χ3v) is 3.22. The largest absolute Gasteiger partial charge is 0.427 e. The summed E-state index contributed by atoms with van der Waals surface area (Å²) in [6.45, 7) is 1.35. The lowest BCUT2D eigenvalue weighted by atomic mass is 10.1. The van der Waals surface area contributed by atoms with Crippen molar-refractivity contribution in [3.05, 3.63) is 59.7 Å². The number of benzene rings is 2. The molecule has 2 aromatic carbocycles. The second kappa shape index (κ2) is 5.28. The molecule has 1 amide bonds. The molecule has 0 unspecified atom stereocenters. The average Bonchev–Trinajstić information content (AvgIpc) is 2.47. The summed E-state index contributed by atoms with van der Waals surface area (Å²) in [5.41, 5.74) is 2.31. The van der Waals surface area contributed by atoms with Crippen LogP contribution in [0.3, 0.4) is 0 Å². The van der Waals surface area contributed by atoms with Crippen molar-refractivity contribution >= 4 is 17.6 Å². The van der Waals surface area contributed by atoms with Crippen molar-refractivity contribution in [2.45, 2.75) is 13.1 Å². The Bertz CT molecular complexity index is 695. The van der Waals surface area contributed by atoms with E-state index in [0.29, 0.717) is 11.3 Å². The van der Waals surface area contributed by atoms with Gasteiger partial charge in [-0.15, -0.1) is 0 Å².